The molecule has 0 aromatic carbocycles. The topological polar surface area (TPSA) is 120 Å². The van der Waals surface area contributed by atoms with Gasteiger partial charge in [-0.1, -0.05) is 25.3 Å². The Labute approximate surface area is 322 Å². The number of H-pyrrole nitrogens is 2. The fraction of sp³-hybridized carbons (Fsp3) is 0.455. The van der Waals surface area contributed by atoms with Gasteiger partial charge >= 0.3 is 0 Å². The number of fused-ring (bicyclic) bond motifs is 8. The van der Waals surface area contributed by atoms with Gasteiger partial charge in [0.05, 0.1) is 12.1 Å². The highest BCUT2D eigenvalue weighted by atomic mass is 16.2. The molecule has 0 aliphatic carbocycles. The zero-order chi connectivity index (χ0) is 39.1. The Kier molecular flexibility index (Phi) is 13.5. The smallest absolute Gasteiger partial charge is 0.220 e. The van der Waals surface area contributed by atoms with E-state index in [0.717, 1.165) is 98.4 Å². The number of amides is 2. The summed E-state index contributed by atoms with van der Waals surface area (Å²) in [5.41, 5.74) is 13.0. The zero-order valence-electron chi connectivity index (χ0n) is 33.8. The molecule has 5 rings (SSSR count). The number of nitrogens with one attached hydrogen (secondary N) is 6. The van der Waals surface area contributed by atoms with E-state index in [-0.39, 0.29) is 23.9 Å². The van der Waals surface area contributed by atoms with Gasteiger partial charge in [-0.05, 0) is 158 Å². The molecular weight excluding hydrogens is 673 g/mol. The molecule has 0 saturated heterocycles. The average molecular weight is 735 g/mol. The second-order valence-corrected chi connectivity index (χ2v) is 15.4. The molecule has 10 nitrogen and oxygen atoms in total. The molecule has 6 N–H and O–H groups in total. The Morgan fingerprint density at radius 3 is 1.94 bits per heavy atom. The lowest BCUT2D eigenvalue weighted by molar-refractivity contribution is -0.121. The average Bonchev–Trinajstić information content (AvgIpc) is 3.79. The Morgan fingerprint density at radius 2 is 1.33 bits per heavy atom. The van der Waals surface area contributed by atoms with Gasteiger partial charge in [0, 0.05) is 65.0 Å². The number of carbonyl (C=O) groups excluding carboxylic acids is 2. The van der Waals surface area contributed by atoms with Gasteiger partial charge in [0.15, 0.2) is 0 Å². The van der Waals surface area contributed by atoms with E-state index in [2.05, 4.69) is 106 Å². The molecular formula is C44H62N8O2. The van der Waals surface area contributed by atoms with Gasteiger partial charge in [0.2, 0.25) is 11.8 Å². The van der Waals surface area contributed by atoms with Crippen molar-refractivity contribution >= 4 is 42.2 Å². The minimum atomic E-state index is -0.0965. The maximum Gasteiger partial charge on any atom is 0.220 e. The molecule has 290 valence electrons. The van der Waals surface area contributed by atoms with Crippen molar-refractivity contribution in [2.45, 2.75) is 78.3 Å². The van der Waals surface area contributed by atoms with Crippen LogP contribution >= 0.6 is 0 Å². The lowest BCUT2D eigenvalue weighted by Gasteiger charge is -2.11. The molecule has 5 heterocycles. The molecule has 2 amide bonds. The van der Waals surface area contributed by atoms with Gasteiger partial charge in [0.1, 0.15) is 0 Å². The predicted molar refractivity (Wildman–Crippen MR) is 225 cm³/mol. The number of hydrogen-bond acceptors (Lipinski definition) is 6. The number of aromatic nitrogens is 2. The van der Waals surface area contributed by atoms with Crippen LogP contribution in [0, 0.1) is 13.8 Å². The number of nitrogens with zero attached hydrogens (tertiary/aromatic N) is 2. The highest BCUT2D eigenvalue weighted by molar-refractivity contribution is 5.78. The van der Waals surface area contributed by atoms with Crippen LogP contribution in [0.15, 0.2) is 52.9 Å². The van der Waals surface area contributed by atoms with Crippen molar-refractivity contribution in [2.75, 3.05) is 54.4 Å². The zero-order valence-corrected chi connectivity index (χ0v) is 33.8. The molecule has 8 bridgehead atoms. The largest absolute Gasteiger partial charge is 0.375 e. The van der Waals surface area contributed by atoms with E-state index in [1.165, 1.54) is 5.57 Å². The molecule has 2 unspecified atom stereocenters. The fourth-order valence-corrected chi connectivity index (χ4v) is 7.70. The summed E-state index contributed by atoms with van der Waals surface area (Å²) >= 11 is 0. The highest BCUT2D eigenvalue weighted by Gasteiger charge is 2.28. The maximum atomic E-state index is 13.1. The van der Waals surface area contributed by atoms with E-state index in [1.54, 1.807) is 0 Å². The van der Waals surface area contributed by atoms with Crippen LogP contribution in [0.4, 0.5) is 0 Å². The van der Waals surface area contributed by atoms with E-state index < -0.39 is 0 Å². The molecule has 0 radical (unpaired) electrons. The van der Waals surface area contributed by atoms with Crippen molar-refractivity contribution in [3.05, 3.63) is 97.3 Å². The van der Waals surface area contributed by atoms with Crippen LogP contribution in [0.25, 0.3) is 30.4 Å². The molecule has 0 fully saturated rings. The van der Waals surface area contributed by atoms with Gasteiger partial charge < -0.3 is 41.0 Å². The van der Waals surface area contributed by atoms with Crippen molar-refractivity contribution < 1.29 is 9.59 Å². The van der Waals surface area contributed by atoms with E-state index in [4.69, 9.17) is 0 Å². The standard InChI is InChI=1S/C44H62N8O2/c1-11-31-27(3)35-23-36-29(5)33(15-17-43(53)45-19-13-21-51(7)8)41(49-36)26-42-34(16-18-44(54)46-20-14-22-52(9)10)30(6)38(50-42)25-40-32(12-2)28(4)37(48-40)24-39(31)47-35/h11-12,23-26,38-39,47-50H,1-2,13-22H2,3-10H3,(H,45,53)(H,46,54)/b35-23-,37-24-,40-25-,42-26-. The quantitative estimate of drug-likeness (QED) is 0.144. The highest BCUT2D eigenvalue weighted by Crippen LogP contribution is 2.34. The van der Waals surface area contributed by atoms with E-state index in [1.807, 2.05) is 40.3 Å². The minimum absolute atomic E-state index is 0.0524. The normalized spacial score (nSPS) is 21.0. The fourth-order valence-electron chi connectivity index (χ4n) is 7.70. The third-order valence-corrected chi connectivity index (χ3v) is 11.0. The predicted octanol–water partition coefficient (Wildman–Crippen LogP) is 4.17. The van der Waals surface area contributed by atoms with Crippen LogP contribution in [0.2, 0.25) is 0 Å². The summed E-state index contributed by atoms with van der Waals surface area (Å²) in [6.07, 6.45) is 16.5. The third-order valence-electron chi connectivity index (χ3n) is 11.0. The summed E-state index contributed by atoms with van der Waals surface area (Å²) in [5.74, 6) is 0.108. The molecule has 3 aliphatic heterocycles. The lowest BCUT2D eigenvalue weighted by atomic mass is 9.98. The lowest BCUT2D eigenvalue weighted by Crippen LogP contribution is -2.27. The second kappa shape index (κ2) is 18.0. The Hall–Kier alpha value is -4.80. The molecule has 2 aromatic heterocycles. The van der Waals surface area contributed by atoms with Crippen LogP contribution in [0.3, 0.4) is 0 Å². The van der Waals surface area contributed by atoms with E-state index in [0.29, 0.717) is 38.8 Å². The molecule has 2 aromatic rings. The van der Waals surface area contributed by atoms with Gasteiger partial charge in [-0.15, -0.1) is 0 Å². The van der Waals surface area contributed by atoms with Crippen LogP contribution in [0.5, 0.6) is 0 Å². The first-order valence-electron chi connectivity index (χ1n) is 19.4. The first-order chi connectivity index (χ1) is 25.8. The number of hydrogen-bond donors (Lipinski definition) is 6. The Balaban J connectivity index is 1.58. The molecule has 3 aliphatic rings. The van der Waals surface area contributed by atoms with Crippen molar-refractivity contribution in [3.8, 4) is 0 Å². The second-order valence-electron chi connectivity index (χ2n) is 15.4. The monoisotopic (exact) mass is 734 g/mol. The summed E-state index contributed by atoms with van der Waals surface area (Å²) in [5, 5.41) is 15.8. The van der Waals surface area contributed by atoms with Gasteiger partial charge in [-0.25, -0.2) is 0 Å². The first-order valence-corrected chi connectivity index (χ1v) is 19.4. The van der Waals surface area contributed by atoms with E-state index >= 15 is 0 Å². The van der Waals surface area contributed by atoms with Gasteiger partial charge in [-0.2, -0.15) is 0 Å². The number of carbonyl (C=O) groups is 2. The summed E-state index contributed by atoms with van der Waals surface area (Å²) < 4.78 is 0. The maximum absolute atomic E-state index is 13.1. The minimum Gasteiger partial charge on any atom is -0.375 e. The molecule has 0 spiro atoms. The summed E-state index contributed by atoms with van der Waals surface area (Å²) in [4.78, 5) is 37.8. The SMILES string of the molecule is C=CC1=C(C)/C2=C/c3[nH]c(c(CCC(=O)NCCCN(C)C)c3C)/C=C3\NC(/C=c4\[nH]/c(c(C)c4C=C)=C\C1N2)C(C)=C3CCC(=O)NCCCN(C)C. The summed E-state index contributed by atoms with van der Waals surface area (Å²) in [6.45, 7) is 20.1. The Bertz CT molecular complexity index is 2020. The Morgan fingerprint density at radius 1 is 0.741 bits per heavy atom. The van der Waals surface area contributed by atoms with Crippen molar-refractivity contribution in [2.24, 2.45) is 0 Å². The third kappa shape index (κ3) is 9.46. The summed E-state index contributed by atoms with van der Waals surface area (Å²) in [7, 11) is 8.17. The van der Waals surface area contributed by atoms with Crippen molar-refractivity contribution in [1.29, 1.82) is 0 Å². The van der Waals surface area contributed by atoms with Crippen molar-refractivity contribution in [3.63, 3.8) is 0 Å². The first kappa shape index (κ1) is 40.4. The molecule has 2 atom stereocenters. The van der Waals surface area contributed by atoms with Crippen LogP contribution in [-0.4, -0.2) is 98.0 Å². The number of rotatable bonds is 16. The van der Waals surface area contributed by atoms with Gasteiger partial charge in [0.25, 0.3) is 0 Å². The molecule has 54 heavy (non-hydrogen) atoms. The summed E-state index contributed by atoms with van der Waals surface area (Å²) in [6, 6.07) is -0.158. The molecule has 10 heteroatoms. The molecule has 0 saturated carbocycles. The van der Waals surface area contributed by atoms with Crippen LogP contribution in [-0.2, 0) is 16.0 Å². The number of allylic oxidation sites excluding steroid dienone is 2. The van der Waals surface area contributed by atoms with E-state index in [9.17, 15) is 9.59 Å². The van der Waals surface area contributed by atoms with Gasteiger partial charge in [-0.3, -0.25) is 9.59 Å². The van der Waals surface area contributed by atoms with Crippen LogP contribution < -0.4 is 32.0 Å². The van der Waals surface area contributed by atoms with Crippen molar-refractivity contribution in [1.82, 2.24) is 41.0 Å². The number of aromatic amines is 2. The van der Waals surface area contributed by atoms with Crippen LogP contribution in [0.1, 0.15) is 79.6 Å².